The molecule has 2 aromatic carbocycles. The number of rotatable bonds is 14. The average Bonchev–Trinajstić information content (AvgIpc) is 2.71. The standard InChI is InChI=1S/C25H36O2S/c1-3-5-11-20(12-6-4-2)13-10-18-28-24(19-25(26)27)23-17-9-15-21-14-7-8-16-22(21)23/h7-9,14-17,20,24H,3-6,10-13,18-19H2,1-2H3,(H,26,27). The Kier molecular flexibility index (Phi) is 10.5. The van der Waals surface area contributed by atoms with Crippen molar-refractivity contribution in [2.45, 2.75) is 76.9 Å². The number of benzene rings is 2. The Bertz CT molecular complexity index is 699. The maximum Gasteiger partial charge on any atom is 0.304 e. The van der Waals surface area contributed by atoms with E-state index in [1.165, 1.54) is 67.7 Å². The minimum absolute atomic E-state index is 0.0216. The quantitative estimate of drug-likeness (QED) is 0.328. The Morgan fingerprint density at radius 1 is 0.929 bits per heavy atom. The van der Waals surface area contributed by atoms with Crippen molar-refractivity contribution in [3.8, 4) is 0 Å². The Labute approximate surface area is 175 Å². The van der Waals surface area contributed by atoms with E-state index in [4.69, 9.17) is 0 Å². The van der Waals surface area contributed by atoms with Gasteiger partial charge in [0.15, 0.2) is 0 Å². The minimum atomic E-state index is -0.714. The zero-order valence-electron chi connectivity index (χ0n) is 17.5. The summed E-state index contributed by atoms with van der Waals surface area (Å²) in [6, 6.07) is 14.6. The van der Waals surface area contributed by atoms with E-state index in [2.05, 4.69) is 44.2 Å². The van der Waals surface area contributed by atoms with Gasteiger partial charge in [0, 0.05) is 5.25 Å². The van der Waals surface area contributed by atoms with Crippen molar-refractivity contribution in [2.75, 3.05) is 5.75 Å². The molecule has 0 bridgehead atoms. The lowest BCUT2D eigenvalue weighted by Gasteiger charge is -2.19. The van der Waals surface area contributed by atoms with Crippen LogP contribution in [0.3, 0.4) is 0 Å². The smallest absolute Gasteiger partial charge is 0.304 e. The lowest BCUT2D eigenvalue weighted by Crippen LogP contribution is -2.06. The fourth-order valence-electron chi connectivity index (χ4n) is 3.96. The molecule has 0 fully saturated rings. The predicted molar refractivity (Wildman–Crippen MR) is 123 cm³/mol. The highest BCUT2D eigenvalue weighted by Crippen LogP contribution is 2.37. The van der Waals surface area contributed by atoms with Gasteiger partial charge < -0.3 is 5.11 Å². The number of carboxylic acids is 1. The van der Waals surface area contributed by atoms with Gasteiger partial charge in [-0.25, -0.2) is 0 Å². The molecule has 0 aliphatic heterocycles. The Morgan fingerprint density at radius 3 is 2.25 bits per heavy atom. The number of unbranched alkanes of at least 4 members (excludes halogenated alkanes) is 2. The molecule has 0 amide bonds. The molecule has 0 aromatic heterocycles. The number of carbonyl (C=O) groups is 1. The number of fused-ring (bicyclic) bond motifs is 1. The fraction of sp³-hybridized carbons (Fsp3) is 0.560. The monoisotopic (exact) mass is 400 g/mol. The van der Waals surface area contributed by atoms with Crippen molar-refractivity contribution in [3.05, 3.63) is 48.0 Å². The van der Waals surface area contributed by atoms with E-state index in [-0.39, 0.29) is 11.7 Å². The molecule has 0 aliphatic carbocycles. The third-order valence-corrected chi connectivity index (χ3v) is 6.89. The van der Waals surface area contributed by atoms with Crippen LogP contribution >= 0.6 is 11.8 Å². The van der Waals surface area contributed by atoms with E-state index in [1.807, 2.05) is 23.9 Å². The summed E-state index contributed by atoms with van der Waals surface area (Å²) in [6.45, 7) is 4.54. The predicted octanol–water partition coefficient (Wildman–Crippen LogP) is 7.87. The molecule has 154 valence electrons. The average molecular weight is 401 g/mol. The first-order chi connectivity index (χ1) is 13.7. The molecule has 0 heterocycles. The molecule has 0 saturated carbocycles. The molecule has 0 spiro atoms. The molecule has 3 heteroatoms. The van der Waals surface area contributed by atoms with Crippen molar-refractivity contribution >= 4 is 28.5 Å². The van der Waals surface area contributed by atoms with Crippen LogP contribution in [0.15, 0.2) is 42.5 Å². The second kappa shape index (κ2) is 12.9. The first kappa shape index (κ1) is 22.8. The third kappa shape index (κ3) is 7.50. The van der Waals surface area contributed by atoms with Crippen molar-refractivity contribution in [3.63, 3.8) is 0 Å². The zero-order chi connectivity index (χ0) is 20.2. The highest BCUT2D eigenvalue weighted by atomic mass is 32.2. The SMILES string of the molecule is CCCCC(CCCC)CCCSC(CC(=O)O)c1cccc2ccccc12. The summed E-state index contributed by atoms with van der Waals surface area (Å²) in [7, 11) is 0. The fourth-order valence-corrected chi connectivity index (χ4v) is 5.23. The van der Waals surface area contributed by atoms with Crippen LogP contribution in [-0.2, 0) is 4.79 Å². The maximum absolute atomic E-state index is 11.5. The molecular weight excluding hydrogens is 364 g/mol. The van der Waals surface area contributed by atoms with E-state index in [1.54, 1.807) is 0 Å². The van der Waals surface area contributed by atoms with Crippen molar-refractivity contribution < 1.29 is 9.90 Å². The van der Waals surface area contributed by atoms with Gasteiger partial charge in [-0.2, -0.15) is 11.8 Å². The molecule has 0 aliphatic rings. The normalized spacial score (nSPS) is 12.5. The highest BCUT2D eigenvalue weighted by molar-refractivity contribution is 7.99. The van der Waals surface area contributed by atoms with Crippen LogP contribution in [0.25, 0.3) is 10.8 Å². The highest BCUT2D eigenvalue weighted by Gasteiger charge is 2.18. The number of hydrogen-bond acceptors (Lipinski definition) is 2. The van der Waals surface area contributed by atoms with Crippen LogP contribution in [0.4, 0.5) is 0 Å². The van der Waals surface area contributed by atoms with E-state index in [0.29, 0.717) is 0 Å². The van der Waals surface area contributed by atoms with Gasteiger partial charge in [-0.3, -0.25) is 4.79 Å². The second-order valence-electron chi connectivity index (χ2n) is 7.82. The van der Waals surface area contributed by atoms with Gasteiger partial charge in [0.05, 0.1) is 6.42 Å². The molecule has 1 unspecified atom stereocenters. The molecule has 1 N–H and O–H groups in total. The van der Waals surface area contributed by atoms with Gasteiger partial charge in [0.25, 0.3) is 0 Å². The first-order valence-electron chi connectivity index (χ1n) is 11.0. The zero-order valence-corrected chi connectivity index (χ0v) is 18.3. The van der Waals surface area contributed by atoms with Crippen LogP contribution in [0.5, 0.6) is 0 Å². The van der Waals surface area contributed by atoms with E-state index in [9.17, 15) is 9.90 Å². The largest absolute Gasteiger partial charge is 0.481 e. The summed E-state index contributed by atoms with van der Waals surface area (Å²) in [5.74, 6) is 1.17. The summed E-state index contributed by atoms with van der Waals surface area (Å²) >= 11 is 1.83. The molecule has 1 atom stereocenters. The summed E-state index contributed by atoms with van der Waals surface area (Å²) in [5, 5.41) is 11.8. The number of thioether (sulfide) groups is 1. The Morgan fingerprint density at radius 2 is 1.57 bits per heavy atom. The van der Waals surface area contributed by atoms with Gasteiger partial charge in [-0.15, -0.1) is 0 Å². The molecule has 0 radical (unpaired) electrons. The van der Waals surface area contributed by atoms with Gasteiger partial charge >= 0.3 is 5.97 Å². The minimum Gasteiger partial charge on any atom is -0.481 e. The summed E-state index contributed by atoms with van der Waals surface area (Å²) in [5.41, 5.74) is 1.17. The lowest BCUT2D eigenvalue weighted by molar-refractivity contribution is -0.137. The van der Waals surface area contributed by atoms with Gasteiger partial charge in [-0.05, 0) is 40.8 Å². The van der Waals surface area contributed by atoms with Gasteiger partial charge in [0.2, 0.25) is 0 Å². The molecule has 2 aromatic rings. The maximum atomic E-state index is 11.5. The number of hydrogen-bond donors (Lipinski definition) is 1. The van der Waals surface area contributed by atoms with Gasteiger partial charge in [0.1, 0.15) is 0 Å². The molecule has 2 nitrogen and oxygen atoms in total. The summed E-state index contributed by atoms with van der Waals surface area (Å²) in [4.78, 5) is 11.5. The van der Waals surface area contributed by atoms with Crippen molar-refractivity contribution in [1.82, 2.24) is 0 Å². The molecule has 28 heavy (non-hydrogen) atoms. The molecular formula is C25H36O2S. The van der Waals surface area contributed by atoms with Crippen molar-refractivity contribution in [2.24, 2.45) is 5.92 Å². The molecule has 2 rings (SSSR count). The Balaban J connectivity index is 1.97. The first-order valence-corrected chi connectivity index (χ1v) is 12.0. The number of aliphatic carboxylic acids is 1. The molecule has 0 saturated heterocycles. The van der Waals surface area contributed by atoms with Crippen LogP contribution in [0.1, 0.15) is 82.4 Å². The second-order valence-corrected chi connectivity index (χ2v) is 9.13. The van der Waals surface area contributed by atoms with E-state index in [0.717, 1.165) is 11.7 Å². The van der Waals surface area contributed by atoms with Crippen LogP contribution in [-0.4, -0.2) is 16.8 Å². The third-order valence-electron chi connectivity index (χ3n) is 5.54. The summed E-state index contributed by atoms with van der Waals surface area (Å²) in [6.07, 6.45) is 10.6. The lowest BCUT2D eigenvalue weighted by atomic mass is 9.92. The summed E-state index contributed by atoms with van der Waals surface area (Å²) < 4.78 is 0. The number of carboxylic acid groups (broad SMARTS) is 1. The van der Waals surface area contributed by atoms with E-state index >= 15 is 0 Å². The Hall–Kier alpha value is -1.48. The van der Waals surface area contributed by atoms with Crippen LogP contribution < -0.4 is 0 Å². The van der Waals surface area contributed by atoms with Crippen LogP contribution in [0.2, 0.25) is 0 Å². The topological polar surface area (TPSA) is 37.3 Å². The van der Waals surface area contributed by atoms with Crippen molar-refractivity contribution in [1.29, 1.82) is 0 Å². The van der Waals surface area contributed by atoms with Gasteiger partial charge in [-0.1, -0.05) is 94.8 Å². The van der Waals surface area contributed by atoms with Crippen LogP contribution in [0, 0.1) is 5.92 Å². The van der Waals surface area contributed by atoms with E-state index < -0.39 is 5.97 Å².